The maximum Gasteiger partial charge on any atom is 0.163 e. The lowest BCUT2D eigenvalue weighted by molar-refractivity contribution is 0.301. The highest BCUT2D eigenvalue weighted by Crippen LogP contribution is 2.34. The Labute approximate surface area is 148 Å². The molecule has 3 N–H and O–H groups in total. The molecular weight excluding hydrogens is 347 g/mol. The van der Waals surface area contributed by atoms with Crippen molar-refractivity contribution in [1.82, 2.24) is 15.3 Å². The highest BCUT2D eigenvalue weighted by atomic mass is 35.5. The summed E-state index contributed by atoms with van der Waals surface area (Å²) in [4.78, 5) is 8.31. The van der Waals surface area contributed by atoms with Crippen LogP contribution in [-0.2, 0) is 0 Å². The summed E-state index contributed by atoms with van der Waals surface area (Å²) in [6.07, 6.45) is 1.35. The number of hydrogen-bond donors (Lipinski definition) is 3. The monoisotopic (exact) mass is 362 g/mol. The van der Waals surface area contributed by atoms with E-state index in [0.29, 0.717) is 40.6 Å². The van der Waals surface area contributed by atoms with Gasteiger partial charge in [0.1, 0.15) is 24.6 Å². The lowest BCUT2D eigenvalue weighted by Gasteiger charge is -2.12. The van der Waals surface area contributed by atoms with E-state index in [-0.39, 0.29) is 11.4 Å². The predicted octanol–water partition coefficient (Wildman–Crippen LogP) is 3.47. The number of phenolic OH excluding ortho intramolecular Hbond substituents is 1. The molecule has 3 rings (SSSR count). The van der Waals surface area contributed by atoms with Crippen molar-refractivity contribution < 1.29 is 14.2 Å². The van der Waals surface area contributed by atoms with E-state index >= 15 is 0 Å². The maximum absolute atomic E-state index is 14.0. The van der Waals surface area contributed by atoms with Crippen LogP contribution in [0.5, 0.6) is 11.5 Å². The van der Waals surface area contributed by atoms with E-state index in [4.69, 9.17) is 16.3 Å². The van der Waals surface area contributed by atoms with Crippen LogP contribution in [-0.4, -0.2) is 35.3 Å². The lowest BCUT2D eigenvalue weighted by Crippen LogP contribution is -2.16. The van der Waals surface area contributed by atoms with Gasteiger partial charge in [-0.15, -0.1) is 0 Å². The first kappa shape index (κ1) is 17.2. The van der Waals surface area contributed by atoms with E-state index in [1.165, 1.54) is 24.5 Å². The molecule has 6 nitrogen and oxygen atoms in total. The zero-order valence-electron chi connectivity index (χ0n) is 13.4. The molecule has 1 aromatic heterocycles. The number of nitrogens with zero attached hydrogens (tertiary/aromatic N) is 2. The number of nitrogens with one attached hydrogen (secondary N) is 2. The average molecular weight is 363 g/mol. The van der Waals surface area contributed by atoms with Crippen LogP contribution in [0.2, 0.25) is 5.02 Å². The standard InChI is InChI=1S/C17H16ClFN4O2/c1-20-4-5-25-16-8-14-11(7-15(16)24)17(22-9-21-14)23-13-3-2-10(18)6-12(13)19/h2-3,6-9,20,24H,4-5H2,1H3,(H,21,22,23). The normalized spacial score (nSPS) is 10.8. The number of phenols is 1. The van der Waals surface area contributed by atoms with Crippen LogP contribution >= 0.6 is 11.6 Å². The molecule has 8 heteroatoms. The second-order valence-electron chi connectivity index (χ2n) is 5.26. The summed E-state index contributed by atoms with van der Waals surface area (Å²) in [6.45, 7) is 1.05. The van der Waals surface area contributed by atoms with Gasteiger partial charge in [0.15, 0.2) is 11.5 Å². The van der Waals surface area contributed by atoms with Gasteiger partial charge in [0, 0.05) is 23.0 Å². The third-order valence-electron chi connectivity index (χ3n) is 3.51. The Kier molecular flexibility index (Phi) is 5.16. The first-order valence-corrected chi connectivity index (χ1v) is 7.93. The minimum Gasteiger partial charge on any atom is -0.504 e. The summed E-state index contributed by atoms with van der Waals surface area (Å²) < 4.78 is 19.5. The Bertz CT molecular complexity index is 907. The molecule has 3 aromatic rings. The molecular formula is C17H16ClFN4O2. The smallest absolute Gasteiger partial charge is 0.163 e. The van der Waals surface area contributed by atoms with Crippen LogP contribution in [0.3, 0.4) is 0 Å². The number of benzene rings is 2. The molecule has 0 saturated carbocycles. The minimum absolute atomic E-state index is 0.0435. The van der Waals surface area contributed by atoms with Gasteiger partial charge in [-0.3, -0.25) is 0 Å². The SMILES string of the molecule is CNCCOc1cc2ncnc(Nc3ccc(Cl)cc3F)c2cc1O. The Balaban J connectivity index is 1.95. The van der Waals surface area contributed by atoms with Crippen LogP contribution in [0.4, 0.5) is 15.9 Å². The molecule has 0 unspecified atom stereocenters. The van der Waals surface area contributed by atoms with Gasteiger partial charge in [-0.05, 0) is 31.3 Å². The van der Waals surface area contributed by atoms with Crippen molar-refractivity contribution >= 4 is 34.0 Å². The molecule has 0 aliphatic carbocycles. The quantitative estimate of drug-likeness (QED) is 0.583. The van der Waals surface area contributed by atoms with Gasteiger partial charge in [-0.2, -0.15) is 0 Å². The van der Waals surface area contributed by atoms with E-state index in [1.54, 1.807) is 12.1 Å². The fourth-order valence-corrected chi connectivity index (χ4v) is 2.43. The number of hydrogen-bond acceptors (Lipinski definition) is 6. The zero-order chi connectivity index (χ0) is 17.8. The van der Waals surface area contributed by atoms with Gasteiger partial charge in [0.2, 0.25) is 0 Å². The van der Waals surface area contributed by atoms with Crippen LogP contribution in [0.25, 0.3) is 10.9 Å². The number of aromatic nitrogens is 2. The minimum atomic E-state index is -0.504. The number of aromatic hydroxyl groups is 1. The summed E-state index contributed by atoms with van der Waals surface area (Å²) >= 11 is 5.76. The first-order chi connectivity index (χ1) is 12.1. The summed E-state index contributed by atoms with van der Waals surface area (Å²) in [6, 6.07) is 7.40. The fraction of sp³-hybridized carbons (Fsp3) is 0.176. The molecule has 1 heterocycles. The summed E-state index contributed by atoms with van der Waals surface area (Å²) in [5.74, 6) is 0.141. The highest BCUT2D eigenvalue weighted by Gasteiger charge is 2.12. The first-order valence-electron chi connectivity index (χ1n) is 7.55. The molecule has 0 amide bonds. The molecule has 0 spiro atoms. The predicted molar refractivity (Wildman–Crippen MR) is 95.3 cm³/mol. The van der Waals surface area contributed by atoms with Gasteiger partial charge in [-0.25, -0.2) is 14.4 Å². The van der Waals surface area contributed by atoms with Crippen LogP contribution in [0.15, 0.2) is 36.7 Å². The molecule has 0 radical (unpaired) electrons. The van der Waals surface area contributed by atoms with Crippen molar-refractivity contribution in [1.29, 1.82) is 0 Å². The average Bonchev–Trinajstić information content (AvgIpc) is 2.58. The molecule has 0 fully saturated rings. The third-order valence-corrected chi connectivity index (χ3v) is 3.74. The highest BCUT2D eigenvalue weighted by molar-refractivity contribution is 6.30. The van der Waals surface area contributed by atoms with Crippen LogP contribution in [0, 0.1) is 5.82 Å². The molecule has 0 saturated heterocycles. The molecule has 25 heavy (non-hydrogen) atoms. The van der Waals surface area contributed by atoms with Crippen molar-refractivity contribution in [3.63, 3.8) is 0 Å². The number of rotatable bonds is 6. The van der Waals surface area contributed by atoms with Gasteiger partial charge in [0.25, 0.3) is 0 Å². The van der Waals surface area contributed by atoms with Gasteiger partial charge in [-0.1, -0.05) is 11.6 Å². The van der Waals surface area contributed by atoms with E-state index in [1.807, 2.05) is 7.05 Å². The summed E-state index contributed by atoms with van der Waals surface area (Å²) in [5.41, 5.74) is 0.780. The largest absolute Gasteiger partial charge is 0.504 e. The molecule has 0 aliphatic rings. The summed E-state index contributed by atoms with van der Waals surface area (Å²) in [5, 5.41) is 16.9. The maximum atomic E-state index is 14.0. The Hall–Kier alpha value is -2.64. The van der Waals surface area contributed by atoms with Gasteiger partial charge < -0.3 is 20.5 Å². The Morgan fingerprint density at radius 1 is 1.24 bits per heavy atom. The number of likely N-dealkylation sites (N-methyl/N-ethyl adjacent to an activating group) is 1. The molecule has 0 atom stereocenters. The zero-order valence-corrected chi connectivity index (χ0v) is 14.1. The molecule has 0 aliphatic heterocycles. The van der Waals surface area contributed by atoms with E-state index in [0.717, 1.165) is 0 Å². The van der Waals surface area contributed by atoms with Crippen molar-refractivity contribution in [2.75, 3.05) is 25.5 Å². The second-order valence-corrected chi connectivity index (χ2v) is 5.70. The lowest BCUT2D eigenvalue weighted by atomic mass is 10.2. The van der Waals surface area contributed by atoms with E-state index < -0.39 is 5.82 Å². The fourth-order valence-electron chi connectivity index (χ4n) is 2.27. The molecule has 130 valence electrons. The van der Waals surface area contributed by atoms with Crippen molar-refractivity contribution in [3.8, 4) is 11.5 Å². The van der Waals surface area contributed by atoms with Gasteiger partial charge in [0.05, 0.1) is 11.2 Å². The number of halogens is 2. The second kappa shape index (κ2) is 7.50. The number of anilines is 2. The topological polar surface area (TPSA) is 79.3 Å². The molecule has 2 aromatic carbocycles. The van der Waals surface area contributed by atoms with E-state index in [9.17, 15) is 9.50 Å². The van der Waals surface area contributed by atoms with Crippen molar-refractivity contribution in [2.45, 2.75) is 0 Å². The Morgan fingerprint density at radius 3 is 2.84 bits per heavy atom. The van der Waals surface area contributed by atoms with Crippen molar-refractivity contribution in [2.24, 2.45) is 0 Å². The summed E-state index contributed by atoms with van der Waals surface area (Å²) in [7, 11) is 1.81. The van der Waals surface area contributed by atoms with Crippen LogP contribution < -0.4 is 15.4 Å². The van der Waals surface area contributed by atoms with Gasteiger partial charge >= 0.3 is 0 Å². The number of ether oxygens (including phenoxy) is 1. The van der Waals surface area contributed by atoms with Crippen LogP contribution in [0.1, 0.15) is 0 Å². The Morgan fingerprint density at radius 2 is 2.08 bits per heavy atom. The number of fused-ring (bicyclic) bond motifs is 1. The third kappa shape index (κ3) is 3.89. The molecule has 0 bridgehead atoms. The van der Waals surface area contributed by atoms with E-state index in [2.05, 4.69) is 20.6 Å². The van der Waals surface area contributed by atoms with Crippen molar-refractivity contribution in [3.05, 3.63) is 47.5 Å².